The van der Waals surface area contributed by atoms with E-state index in [1.54, 1.807) is 0 Å². The summed E-state index contributed by atoms with van der Waals surface area (Å²) >= 11 is 4.92. The number of ether oxygens (including phenoxy) is 1. The molecule has 1 aromatic heterocycles. The third-order valence-electron chi connectivity index (χ3n) is 3.07. The molecule has 1 saturated carbocycles. The van der Waals surface area contributed by atoms with Crippen LogP contribution >= 0.6 is 27.3 Å². The Bertz CT molecular complexity index is 380. The van der Waals surface area contributed by atoms with E-state index in [9.17, 15) is 4.79 Å². The van der Waals surface area contributed by atoms with Crippen molar-refractivity contribution in [1.29, 1.82) is 0 Å². The van der Waals surface area contributed by atoms with Crippen LogP contribution in [0.4, 0.5) is 0 Å². The maximum absolute atomic E-state index is 12.5. The second-order valence-corrected chi connectivity index (χ2v) is 5.83. The second kappa shape index (κ2) is 4.98. The number of ketones is 1. The summed E-state index contributed by atoms with van der Waals surface area (Å²) in [7, 11) is 0. The molecule has 0 spiro atoms. The van der Waals surface area contributed by atoms with Crippen molar-refractivity contribution in [3.63, 3.8) is 0 Å². The highest BCUT2D eigenvalue weighted by Crippen LogP contribution is 2.38. The molecule has 2 nitrogen and oxygen atoms in total. The number of halogens is 1. The van der Waals surface area contributed by atoms with E-state index in [1.807, 2.05) is 18.4 Å². The van der Waals surface area contributed by atoms with E-state index in [0.29, 0.717) is 6.61 Å². The summed E-state index contributed by atoms with van der Waals surface area (Å²) in [5.74, 6) is 0.161. The summed E-state index contributed by atoms with van der Waals surface area (Å²) in [6.45, 7) is 2.56. The molecule has 0 unspecified atom stereocenters. The molecular weight excluding hydrogens is 288 g/mol. The molecule has 1 heterocycles. The fourth-order valence-electron chi connectivity index (χ4n) is 2.32. The molecule has 4 heteroatoms. The molecule has 0 bridgehead atoms. The third kappa shape index (κ3) is 2.11. The van der Waals surface area contributed by atoms with Gasteiger partial charge in [-0.1, -0.05) is 0 Å². The van der Waals surface area contributed by atoms with E-state index in [1.165, 1.54) is 11.3 Å². The fourth-order valence-corrected chi connectivity index (χ4v) is 3.90. The minimum Gasteiger partial charge on any atom is -0.367 e. The van der Waals surface area contributed by atoms with Crippen molar-refractivity contribution in [3.05, 3.63) is 20.8 Å². The molecule has 1 aromatic rings. The van der Waals surface area contributed by atoms with Gasteiger partial charge in [0.1, 0.15) is 5.60 Å². The molecule has 0 saturated heterocycles. The van der Waals surface area contributed by atoms with Gasteiger partial charge < -0.3 is 4.74 Å². The Morgan fingerprint density at radius 3 is 2.75 bits per heavy atom. The standard InChI is InChI=1S/C12H15BrO2S/c1-2-15-12(6-3-4-7-12)11(14)10-9(13)5-8-16-10/h5,8H,2-4,6-7H2,1H3. The van der Waals surface area contributed by atoms with Gasteiger partial charge in [0, 0.05) is 11.1 Å². The summed E-state index contributed by atoms with van der Waals surface area (Å²) in [6, 6.07) is 1.92. The van der Waals surface area contributed by atoms with Crippen molar-refractivity contribution < 1.29 is 9.53 Å². The lowest BCUT2D eigenvalue weighted by Gasteiger charge is -2.26. The van der Waals surface area contributed by atoms with Gasteiger partial charge >= 0.3 is 0 Å². The first kappa shape index (κ1) is 12.3. The zero-order valence-corrected chi connectivity index (χ0v) is 11.7. The topological polar surface area (TPSA) is 26.3 Å². The van der Waals surface area contributed by atoms with E-state index < -0.39 is 5.60 Å². The zero-order chi connectivity index (χ0) is 11.6. The Morgan fingerprint density at radius 2 is 2.25 bits per heavy atom. The summed E-state index contributed by atoms with van der Waals surface area (Å²) in [4.78, 5) is 13.3. The maximum atomic E-state index is 12.5. The van der Waals surface area contributed by atoms with Crippen molar-refractivity contribution in [2.45, 2.75) is 38.2 Å². The normalized spacial score (nSPS) is 18.9. The summed E-state index contributed by atoms with van der Waals surface area (Å²) in [5.41, 5.74) is -0.540. The van der Waals surface area contributed by atoms with Crippen molar-refractivity contribution in [2.24, 2.45) is 0 Å². The zero-order valence-electron chi connectivity index (χ0n) is 9.29. The van der Waals surface area contributed by atoms with Gasteiger partial charge in [0.2, 0.25) is 5.78 Å². The molecule has 0 atom stereocenters. The Balaban J connectivity index is 2.27. The monoisotopic (exact) mass is 302 g/mol. The average molecular weight is 303 g/mol. The maximum Gasteiger partial charge on any atom is 0.205 e. The van der Waals surface area contributed by atoms with E-state index in [4.69, 9.17) is 4.74 Å². The van der Waals surface area contributed by atoms with E-state index in [0.717, 1.165) is 35.0 Å². The Morgan fingerprint density at radius 1 is 1.56 bits per heavy atom. The van der Waals surface area contributed by atoms with Crippen LogP contribution in [0.3, 0.4) is 0 Å². The van der Waals surface area contributed by atoms with Gasteiger partial charge in [-0.05, 0) is 60.0 Å². The molecule has 16 heavy (non-hydrogen) atoms. The first-order chi connectivity index (χ1) is 7.69. The molecule has 0 amide bonds. The largest absolute Gasteiger partial charge is 0.367 e. The molecular formula is C12H15BrO2S. The van der Waals surface area contributed by atoms with Crippen molar-refractivity contribution in [1.82, 2.24) is 0 Å². The molecule has 1 fully saturated rings. The van der Waals surface area contributed by atoms with Gasteiger partial charge in [-0.3, -0.25) is 4.79 Å². The fraction of sp³-hybridized carbons (Fsp3) is 0.583. The average Bonchev–Trinajstić information content (AvgIpc) is 2.87. The lowest BCUT2D eigenvalue weighted by molar-refractivity contribution is -0.0161. The van der Waals surface area contributed by atoms with Gasteiger partial charge in [0.05, 0.1) is 4.88 Å². The number of Topliss-reactive ketones (excluding diaryl/α,β-unsaturated/α-hetero) is 1. The van der Waals surface area contributed by atoms with Crippen LogP contribution < -0.4 is 0 Å². The number of thiophene rings is 1. The summed E-state index contributed by atoms with van der Waals surface area (Å²) < 4.78 is 6.66. The first-order valence-electron chi connectivity index (χ1n) is 5.61. The van der Waals surface area contributed by atoms with Crippen LogP contribution in [-0.2, 0) is 4.74 Å². The number of rotatable bonds is 4. The number of hydrogen-bond acceptors (Lipinski definition) is 3. The van der Waals surface area contributed by atoms with Crippen LogP contribution in [0.25, 0.3) is 0 Å². The highest BCUT2D eigenvalue weighted by atomic mass is 79.9. The third-order valence-corrected chi connectivity index (χ3v) is 4.91. The minimum atomic E-state index is -0.540. The van der Waals surface area contributed by atoms with Gasteiger partial charge in [0.25, 0.3) is 0 Å². The molecule has 1 aliphatic carbocycles. The van der Waals surface area contributed by atoms with Gasteiger partial charge in [-0.25, -0.2) is 0 Å². The Hall–Kier alpha value is -0.190. The summed E-state index contributed by atoms with van der Waals surface area (Å²) in [5, 5.41) is 1.94. The van der Waals surface area contributed by atoms with Crippen LogP contribution in [0.15, 0.2) is 15.9 Å². The predicted molar refractivity (Wildman–Crippen MR) is 69.2 cm³/mol. The Kier molecular flexibility index (Phi) is 3.82. The SMILES string of the molecule is CCOC1(C(=O)c2sccc2Br)CCCC1. The number of carbonyl (C=O) groups is 1. The lowest BCUT2D eigenvalue weighted by Crippen LogP contribution is -2.38. The minimum absolute atomic E-state index is 0.161. The van der Waals surface area contributed by atoms with Crippen LogP contribution in [0.2, 0.25) is 0 Å². The summed E-state index contributed by atoms with van der Waals surface area (Å²) in [6.07, 6.45) is 3.91. The van der Waals surface area contributed by atoms with E-state index in [2.05, 4.69) is 15.9 Å². The van der Waals surface area contributed by atoms with Crippen LogP contribution in [-0.4, -0.2) is 18.0 Å². The first-order valence-corrected chi connectivity index (χ1v) is 7.28. The van der Waals surface area contributed by atoms with E-state index >= 15 is 0 Å². The van der Waals surface area contributed by atoms with Gasteiger partial charge in [-0.15, -0.1) is 11.3 Å². The van der Waals surface area contributed by atoms with Crippen LogP contribution in [0.5, 0.6) is 0 Å². The van der Waals surface area contributed by atoms with Crippen LogP contribution in [0, 0.1) is 0 Å². The molecule has 88 valence electrons. The molecule has 2 rings (SSSR count). The quantitative estimate of drug-likeness (QED) is 0.785. The highest BCUT2D eigenvalue weighted by molar-refractivity contribution is 9.10. The smallest absolute Gasteiger partial charge is 0.205 e. The number of hydrogen-bond donors (Lipinski definition) is 0. The van der Waals surface area contributed by atoms with Crippen molar-refractivity contribution in [3.8, 4) is 0 Å². The molecule has 0 N–H and O–H groups in total. The number of carbonyl (C=O) groups excluding carboxylic acids is 1. The predicted octanol–water partition coefficient (Wildman–Crippen LogP) is 4.04. The molecule has 0 radical (unpaired) electrons. The highest BCUT2D eigenvalue weighted by Gasteiger charge is 2.43. The molecule has 0 aromatic carbocycles. The van der Waals surface area contributed by atoms with Crippen molar-refractivity contribution in [2.75, 3.05) is 6.61 Å². The van der Waals surface area contributed by atoms with Gasteiger partial charge in [-0.2, -0.15) is 0 Å². The lowest BCUT2D eigenvalue weighted by atomic mass is 9.95. The molecule has 1 aliphatic rings. The van der Waals surface area contributed by atoms with Gasteiger partial charge in [0.15, 0.2) is 0 Å². The van der Waals surface area contributed by atoms with Crippen LogP contribution in [0.1, 0.15) is 42.3 Å². The van der Waals surface area contributed by atoms with Crippen molar-refractivity contribution >= 4 is 33.0 Å². The Labute approximate surface area is 108 Å². The molecule has 0 aliphatic heterocycles. The van der Waals surface area contributed by atoms with E-state index in [-0.39, 0.29) is 5.78 Å². The second-order valence-electron chi connectivity index (χ2n) is 4.06.